The first kappa shape index (κ1) is 19.9. The van der Waals surface area contributed by atoms with Crippen LogP contribution in [0.4, 0.5) is 0 Å². The lowest BCUT2D eigenvalue weighted by molar-refractivity contribution is -0.124. The van der Waals surface area contributed by atoms with Crippen molar-refractivity contribution in [2.24, 2.45) is 11.1 Å². The van der Waals surface area contributed by atoms with Gasteiger partial charge >= 0.3 is 0 Å². The van der Waals surface area contributed by atoms with Gasteiger partial charge in [-0.1, -0.05) is 31.4 Å². The summed E-state index contributed by atoms with van der Waals surface area (Å²) in [5.41, 5.74) is 7.73. The van der Waals surface area contributed by atoms with Crippen molar-refractivity contribution >= 4 is 11.8 Å². The molecule has 1 aliphatic heterocycles. The zero-order valence-corrected chi connectivity index (χ0v) is 16.3. The van der Waals surface area contributed by atoms with E-state index < -0.39 is 0 Å². The molecule has 27 heavy (non-hydrogen) atoms. The number of nitrogens with two attached hydrogens (primary N) is 1. The Hall–Kier alpha value is -1.88. The van der Waals surface area contributed by atoms with E-state index >= 15 is 0 Å². The minimum Gasteiger partial charge on any atom is -0.352 e. The van der Waals surface area contributed by atoms with Crippen LogP contribution >= 0.6 is 0 Å². The number of amides is 2. The van der Waals surface area contributed by atoms with Crippen molar-refractivity contribution < 1.29 is 9.59 Å². The van der Waals surface area contributed by atoms with Gasteiger partial charge in [0.1, 0.15) is 0 Å². The lowest BCUT2D eigenvalue weighted by Crippen LogP contribution is -2.38. The smallest absolute Gasteiger partial charge is 0.253 e. The molecule has 0 spiro atoms. The molecule has 0 atom stereocenters. The number of piperidine rings is 1. The van der Waals surface area contributed by atoms with Crippen LogP contribution < -0.4 is 11.1 Å². The van der Waals surface area contributed by atoms with E-state index in [-0.39, 0.29) is 17.2 Å². The molecule has 1 saturated heterocycles. The van der Waals surface area contributed by atoms with Gasteiger partial charge in [-0.15, -0.1) is 0 Å². The minimum absolute atomic E-state index is 0.00689. The molecule has 2 amide bonds. The van der Waals surface area contributed by atoms with Gasteiger partial charge in [-0.2, -0.15) is 0 Å². The van der Waals surface area contributed by atoms with E-state index in [4.69, 9.17) is 5.73 Å². The highest BCUT2D eigenvalue weighted by Crippen LogP contribution is 2.38. The second-order valence-electron chi connectivity index (χ2n) is 8.27. The topological polar surface area (TPSA) is 75.4 Å². The Labute approximate surface area is 162 Å². The summed E-state index contributed by atoms with van der Waals surface area (Å²) < 4.78 is 0. The quantitative estimate of drug-likeness (QED) is 0.806. The predicted octanol–water partition coefficient (Wildman–Crippen LogP) is 3.23. The van der Waals surface area contributed by atoms with Crippen LogP contribution in [-0.2, 0) is 11.3 Å². The fraction of sp³-hybridized carbons (Fsp3) is 0.636. The Morgan fingerprint density at radius 1 is 0.963 bits per heavy atom. The summed E-state index contributed by atoms with van der Waals surface area (Å²) in [7, 11) is 0. The van der Waals surface area contributed by atoms with Crippen LogP contribution in [-0.4, -0.2) is 36.3 Å². The van der Waals surface area contributed by atoms with Gasteiger partial charge in [-0.05, 0) is 61.8 Å². The maximum absolute atomic E-state index is 12.5. The van der Waals surface area contributed by atoms with E-state index in [0.29, 0.717) is 19.5 Å². The van der Waals surface area contributed by atoms with Gasteiger partial charge in [0.15, 0.2) is 0 Å². The average Bonchev–Trinajstić information content (AvgIpc) is 2.73. The van der Waals surface area contributed by atoms with Crippen molar-refractivity contribution in [2.45, 2.75) is 64.3 Å². The molecule has 0 radical (unpaired) electrons. The summed E-state index contributed by atoms with van der Waals surface area (Å²) in [6.45, 7) is 2.81. The molecule has 1 aliphatic carbocycles. The Morgan fingerprint density at radius 3 is 2.22 bits per heavy atom. The number of benzene rings is 1. The number of carbonyl (C=O) groups is 2. The molecule has 2 fully saturated rings. The molecule has 1 aromatic carbocycles. The van der Waals surface area contributed by atoms with Gasteiger partial charge in [0.2, 0.25) is 5.91 Å². The Kier molecular flexibility index (Phi) is 6.89. The largest absolute Gasteiger partial charge is 0.352 e. The Morgan fingerprint density at radius 2 is 1.59 bits per heavy atom. The van der Waals surface area contributed by atoms with Gasteiger partial charge in [0, 0.05) is 31.6 Å². The number of rotatable bonds is 6. The summed E-state index contributed by atoms with van der Waals surface area (Å²) in [5, 5.41) is 3.03. The monoisotopic (exact) mass is 371 g/mol. The Balaban J connectivity index is 1.49. The van der Waals surface area contributed by atoms with Crippen LogP contribution in [0.5, 0.6) is 0 Å². The second-order valence-corrected chi connectivity index (χ2v) is 8.27. The minimum atomic E-state index is -0.00689. The molecule has 3 N–H and O–H groups in total. The van der Waals surface area contributed by atoms with Crippen molar-refractivity contribution in [3.8, 4) is 0 Å². The van der Waals surface area contributed by atoms with Crippen LogP contribution in [0.1, 0.15) is 73.7 Å². The van der Waals surface area contributed by atoms with Gasteiger partial charge in [-0.3, -0.25) is 9.59 Å². The highest BCUT2D eigenvalue weighted by molar-refractivity contribution is 5.94. The zero-order valence-electron chi connectivity index (χ0n) is 16.3. The van der Waals surface area contributed by atoms with Gasteiger partial charge in [0.25, 0.3) is 5.91 Å². The van der Waals surface area contributed by atoms with Gasteiger partial charge < -0.3 is 16.0 Å². The zero-order chi connectivity index (χ0) is 19.1. The molecule has 148 valence electrons. The van der Waals surface area contributed by atoms with Gasteiger partial charge in [0.05, 0.1) is 0 Å². The van der Waals surface area contributed by atoms with E-state index in [2.05, 4.69) is 5.32 Å². The lowest BCUT2D eigenvalue weighted by atomic mass is 9.71. The lowest BCUT2D eigenvalue weighted by Gasteiger charge is -2.35. The molecule has 1 heterocycles. The van der Waals surface area contributed by atoms with Crippen molar-refractivity contribution in [3.63, 3.8) is 0 Å². The summed E-state index contributed by atoms with van der Waals surface area (Å²) in [5.74, 6) is 0.197. The van der Waals surface area contributed by atoms with Crippen LogP contribution in [0.15, 0.2) is 24.3 Å². The first-order valence-electron chi connectivity index (χ1n) is 10.5. The highest BCUT2D eigenvalue weighted by Gasteiger charge is 2.32. The molecule has 0 aromatic heterocycles. The number of nitrogens with one attached hydrogen (secondary N) is 1. The van der Waals surface area contributed by atoms with Crippen LogP contribution in [0.3, 0.4) is 0 Å². The van der Waals surface area contributed by atoms with E-state index in [9.17, 15) is 9.59 Å². The standard InChI is InChI=1S/C22H33N3O2/c23-17-22(11-3-1-4-12-22)15-20(26)24-16-18-7-9-19(10-8-18)21(27)25-13-5-2-6-14-25/h7-10H,1-6,11-17,23H2,(H,24,26). The first-order valence-corrected chi connectivity index (χ1v) is 10.5. The molecule has 2 aliphatic rings. The van der Waals surface area contributed by atoms with E-state index in [1.807, 2.05) is 29.2 Å². The predicted molar refractivity (Wildman–Crippen MR) is 107 cm³/mol. The Bertz CT molecular complexity index is 629. The fourth-order valence-corrected chi connectivity index (χ4v) is 4.40. The van der Waals surface area contributed by atoms with E-state index in [0.717, 1.165) is 49.9 Å². The third kappa shape index (κ3) is 5.32. The number of carbonyl (C=O) groups excluding carboxylic acids is 2. The summed E-state index contributed by atoms with van der Waals surface area (Å²) in [6, 6.07) is 7.63. The molecule has 5 heteroatoms. The highest BCUT2D eigenvalue weighted by atomic mass is 16.2. The van der Waals surface area contributed by atoms with Crippen LogP contribution in [0, 0.1) is 5.41 Å². The third-order valence-corrected chi connectivity index (χ3v) is 6.22. The van der Waals surface area contributed by atoms with Crippen molar-refractivity contribution in [2.75, 3.05) is 19.6 Å². The summed E-state index contributed by atoms with van der Waals surface area (Å²) in [4.78, 5) is 26.9. The fourth-order valence-electron chi connectivity index (χ4n) is 4.40. The maximum atomic E-state index is 12.5. The van der Waals surface area contributed by atoms with Crippen LogP contribution in [0.2, 0.25) is 0 Å². The molecule has 0 bridgehead atoms. The van der Waals surface area contributed by atoms with E-state index in [1.165, 1.54) is 25.7 Å². The number of hydrogen-bond acceptors (Lipinski definition) is 3. The normalized spacial score (nSPS) is 19.5. The maximum Gasteiger partial charge on any atom is 0.253 e. The molecular weight excluding hydrogens is 338 g/mol. The van der Waals surface area contributed by atoms with Crippen LogP contribution in [0.25, 0.3) is 0 Å². The van der Waals surface area contributed by atoms with Gasteiger partial charge in [-0.25, -0.2) is 0 Å². The number of likely N-dealkylation sites (tertiary alicyclic amines) is 1. The van der Waals surface area contributed by atoms with Crippen molar-refractivity contribution in [1.29, 1.82) is 0 Å². The molecule has 1 saturated carbocycles. The summed E-state index contributed by atoms with van der Waals surface area (Å²) >= 11 is 0. The average molecular weight is 372 g/mol. The number of hydrogen-bond donors (Lipinski definition) is 2. The first-order chi connectivity index (χ1) is 13.1. The van der Waals surface area contributed by atoms with E-state index in [1.54, 1.807) is 0 Å². The summed E-state index contributed by atoms with van der Waals surface area (Å²) in [6.07, 6.45) is 9.66. The second kappa shape index (κ2) is 9.36. The molecule has 1 aromatic rings. The molecule has 5 nitrogen and oxygen atoms in total. The molecule has 0 unspecified atom stereocenters. The van der Waals surface area contributed by atoms with Crippen molar-refractivity contribution in [1.82, 2.24) is 10.2 Å². The molecule has 3 rings (SSSR count). The number of nitrogens with zero attached hydrogens (tertiary/aromatic N) is 1. The molecular formula is C22H33N3O2. The third-order valence-electron chi connectivity index (χ3n) is 6.22. The SMILES string of the molecule is NCC1(CC(=O)NCc2ccc(C(=O)N3CCCCC3)cc2)CCCCC1. The van der Waals surface area contributed by atoms with Crippen molar-refractivity contribution in [3.05, 3.63) is 35.4 Å².